The molecule has 0 aromatic heterocycles. The third-order valence-corrected chi connectivity index (χ3v) is 4.31. The van der Waals surface area contributed by atoms with E-state index in [1.807, 2.05) is 13.8 Å². The highest BCUT2D eigenvalue weighted by Crippen LogP contribution is 2.23. The summed E-state index contributed by atoms with van der Waals surface area (Å²) in [6.07, 6.45) is 1.04. The van der Waals surface area contributed by atoms with Gasteiger partial charge in [0.05, 0.1) is 0 Å². The van der Waals surface area contributed by atoms with Crippen LogP contribution in [-0.4, -0.2) is 25.8 Å². The molecule has 0 bridgehead atoms. The molecule has 0 spiro atoms. The molecule has 5 nitrogen and oxygen atoms in total. The van der Waals surface area contributed by atoms with Gasteiger partial charge in [-0.05, 0) is 44.0 Å². The van der Waals surface area contributed by atoms with Gasteiger partial charge in [0, 0.05) is 17.6 Å². The third kappa shape index (κ3) is 3.22. The van der Waals surface area contributed by atoms with Gasteiger partial charge in [-0.25, -0.2) is 8.42 Å². The van der Waals surface area contributed by atoms with Crippen LogP contribution in [0.15, 0.2) is 12.1 Å². The van der Waals surface area contributed by atoms with Gasteiger partial charge < -0.3 is 11.1 Å². The SMILES string of the molecule is Cc1cc(N)cc(C)c1NC(=O)C(C)S(C)(=O)=O. The van der Waals surface area contributed by atoms with Gasteiger partial charge in [-0.2, -0.15) is 0 Å². The number of nitrogens with two attached hydrogens (primary N) is 1. The Morgan fingerprint density at radius 1 is 1.28 bits per heavy atom. The highest BCUT2D eigenvalue weighted by atomic mass is 32.2. The number of aryl methyl sites for hydroxylation is 2. The largest absolute Gasteiger partial charge is 0.399 e. The number of carbonyl (C=O) groups excluding carboxylic acids is 1. The first-order valence-corrected chi connectivity index (χ1v) is 7.45. The van der Waals surface area contributed by atoms with Gasteiger partial charge in [-0.15, -0.1) is 0 Å². The van der Waals surface area contributed by atoms with Gasteiger partial charge in [0.15, 0.2) is 9.84 Å². The van der Waals surface area contributed by atoms with Crippen molar-refractivity contribution in [1.82, 2.24) is 0 Å². The molecular formula is C12H18N2O3S. The van der Waals surface area contributed by atoms with Gasteiger partial charge in [0.1, 0.15) is 5.25 Å². The maximum atomic E-state index is 11.8. The number of benzene rings is 1. The highest BCUT2D eigenvalue weighted by Gasteiger charge is 2.24. The molecule has 3 N–H and O–H groups in total. The molecule has 0 saturated heterocycles. The van der Waals surface area contributed by atoms with Crippen LogP contribution in [0.25, 0.3) is 0 Å². The molecule has 100 valence electrons. The summed E-state index contributed by atoms with van der Waals surface area (Å²) in [5.41, 5.74) is 8.52. The van der Waals surface area contributed by atoms with Crippen LogP contribution in [0.3, 0.4) is 0 Å². The molecule has 1 rings (SSSR count). The number of sulfone groups is 1. The highest BCUT2D eigenvalue weighted by molar-refractivity contribution is 7.92. The van der Waals surface area contributed by atoms with Crippen molar-refractivity contribution in [3.05, 3.63) is 23.3 Å². The molecule has 0 aliphatic carbocycles. The first-order chi connectivity index (χ1) is 8.12. The normalized spacial score (nSPS) is 13.1. The fourth-order valence-corrected chi connectivity index (χ4v) is 2.06. The molecule has 1 unspecified atom stereocenters. The quantitative estimate of drug-likeness (QED) is 0.809. The van der Waals surface area contributed by atoms with Gasteiger partial charge >= 0.3 is 0 Å². The monoisotopic (exact) mass is 270 g/mol. The Balaban J connectivity index is 3.03. The average molecular weight is 270 g/mol. The summed E-state index contributed by atoms with van der Waals surface area (Å²) in [6.45, 7) is 4.99. The Kier molecular flexibility index (Phi) is 4.01. The smallest absolute Gasteiger partial charge is 0.242 e. The maximum absolute atomic E-state index is 11.8. The number of hydrogen-bond donors (Lipinski definition) is 2. The van der Waals surface area contributed by atoms with Crippen LogP contribution in [0.4, 0.5) is 11.4 Å². The number of amides is 1. The molecule has 0 aliphatic rings. The summed E-state index contributed by atoms with van der Waals surface area (Å²) >= 11 is 0. The second-order valence-corrected chi connectivity index (χ2v) is 6.86. The lowest BCUT2D eigenvalue weighted by molar-refractivity contribution is -0.115. The van der Waals surface area contributed by atoms with Gasteiger partial charge in [-0.3, -0.25) is 4.79 Å². The van der Waals surface area contributed by atoms with Crippen LogP contribution in [-0.2, 0) is 14.6 Å². The summed E-state index contributed by atoms with van der Waals surface area (Å²) in [6, 6.07) is 3.46. The van der Waals surface area contributed by atoms with E-state index >= 15 is 0 Å². The number of anilines is 2. The van der Waals surface area contributed by atoms with Crippen LogP contribution >= 0.6 is 0 Å². The molecule has 1 amide bonds. The number of nitrogen functional groups attached to an aromatic ring is 1. The third-order valence-electron chi connectivity index (χ3n) is 2.81. The van der Waals surface area contributed by atoms with Crippen molar-refractivity contribution in [2.75, 3.05) is 17.3 Å². The van der Waals surface area contributed by atoms with Crippen LogP contribution in [0.2, 0.25) is 0 Å². The van der Waals surface area contributed by atoms with Crippen molar-refractivity contribution in [3.63, 3.8) is 0 Å². The van der Waals surface area contributed by atoms with E-state index in [9.17, 15) is 13.2 Å². The van der Waals surface area contributed by atoms with Gasteiger partial charge in [0.25, 0.3) is 0 Å². The topological polar surface area (TPSA) is 89.3 Å². The zero-order valence-electron chi connectivity index (χ0n) is 10.9. The molecular weight excluding hydrogens is 252 g/mol. The zero-order valence-corrected chi connectivity index (χ0v) is 11.8. The standard InChI is InChI=1S/C12H18N2O3S/c1-7-5-10(13)6-8(2)11(7)14-12(15)9(3)18(4,16)17/h5-6,9H,13H2,1-4H3,(H,14,15). The zero-order chi connectivity index (χ0) is 14.1. The van der Waals surface area contributed by atoms with Crippen LogP contribution < -0.4 is 11.1 Å². The fourth-order valence-electron chi connectivity index (χ4n) is 1.61. The number of nitrogens with one attached hydrogen (secondary N) is 1. The first-order valence-electron chi connectivity index (χ1n) is 5.49. The maximum Gasteiger partial charge on any atom is 0.242 e. The number of carbonyl (C=O) groups is 1. The van der Waals surface area contributed by atoms with Crippen molar-refractivity contribution in [2.24, 2.45) is 0 Å². The summed E-state index contributed by atoms with van der Waals surface area (Å²) < 4.78 is 22.6. The van der Waals surface area contributed by atoms with E-state index in [2.05, 4.69) is 5.32 Å². The summed E-state index contributed by atoms with van der Waals surface area (Å²) in [7, 11) is -3.39. The van der Waals surface area contributed by atoms with E-state index in [1.54, 1.807) is 12.1 Å². The molecule has 0 heterocycles. The molecule has 1 aromatic rings. The molecule has 0 aliphatic heterocycles. The van der Waals surface area contributed by atoms with E-state index in [0.29, 0.717) is 11.4 Å². The van der Waals surface area contributed by atoms with Crippen molar-refractivity contribution < 1.29 is 13.2 Å². The Labute approximate surface area is 107 Å². The molecule has 0 saturated carbocycles. The van der Waals surface area contributed by atoms with Crippen LogP contribution in [0.1, 0.15) is 18.1 Å². The Morgan fingerprint density at radius 3 is 2.11 bits per heavy atom. The summed E-state index contributed by atoms with van der Waals surface area (Å²) in [4.78, 5) is 11.8. The lowest BCUT2D eigenvalue weighted by Gasteiger charge is -2.15. The Morgan fingerprint density at radius 2 is 1.72 bits per heavy atom. The van der Waals surface area contributed by atoms with E-state index in [-0.39, 0.29) is 0 Å². The predicted octanol–water partition coefficient (Wildman–Crippen LogP) is 1.26. The molecule has 1 aromatic carbocycles. The van der Waals surface area contributed by atoms with E-state index in [0.717, 1.165) is 17.4 Å². The van der Waals surface area contributed by atoms with Crippen molar-refractivity contribution in [2.45, 2.75) is 26.0 Å². The van der Waals surface area contributed by atoms with E-state index in [1.165, 1.54) is 6.92 Å². The minimum atomic E-state index is -3.39. The van der Waals surface area contributed by atoms with Crippen LogP contribution in [0.5, 0.6) is 0 Å². The molecule has 18 heavy (non-hydrogen) atoms. The van der Waals surface area contributed by atoms with Crippen molar-refractivity contribution in [3.8, 4) is 0 Å². The van der Waals surface area contributed by atoms with Gasteiger partial charge in [-0.1, -0.05) is 0 Å². The molecule has 0 fully saturated rings. The fraction of sp³-hybridized carbons (Fsp3) is 0.417. The summed E-state index contributed by atoms with van der Waals surface area (Å²) in [5, 5.41) is 1.56. The van der Waals surface area contributed by atoms with Gasteiger partial charge in [0.2, 0.25) is 5.91 Å². The van der Waals surface area contributed by atoms with Crippen LogP contribution in [0, 0.1) is 13.8 Å². The van der Waals surface area contributed by atoms with Crippen molar-refractivity contribution in [1.29, 1.82) is 0 Å². The summed E-state index contributed by atoms with van der Waals surface area (Å²) in [5.74, 6) is -0.534. The minimum absolute atomic E-state index is 0.534. The number of rotatable bonds is 3. The first kappa shape index (κ1) is 14.5. The second-order valence-electron chi connectivity index (χ2n) is 4.49. The molecule has 6 heteroatoms. The van der Waals surface area contributed by atoms with E-state index < -0.39 is 21.0 Å². The second kappa shape index (κ2) is 4.97. The lowest BCUT2D eigenvalue weighted by Crippen LogP contribution is -2.32. The lowest BCUT2D eigenvalue weighted by atomic mass is 10.1. The Bertz CT molecular complexity index is 556. The van der Waals surface area contributed by atoms with E-state index in [4.69, 9.17) is 5.73 Å². The molecule has 1 atom stereocenters. The molecule has 0 radical (unpaired) electrons. The average Bonchev–Trinajstić information content (AvgIpc) is 2.20. The predicted molar refractivity (Wildman–Crippen MR) is 73.3 cm³/mol. The van der Waals surface area contributed by atoms with Crippen molar-refractivity contribution >= 4 is 27.1 Å². The number of hydrogen-bond acceptors (Lipinski definition) is 4. The Hall–Kier alpha value is -1.56. The minimum Gasteiger partial charge on any atom is -0.399 e.